The number of hydrogen-bond acceptors (Lipinski definition) is 7. The highest BCUT2D eigenvalue weighted by Crippen LogP contribution is 2.34. The Morgan fingerprint density at radius 2 is 1.85 bits per heavy atom. The number of benzene rings is 2. The van der Waals surface area contributed by atoms with Crippen molar-refractivity contribution in [3.63, 3.8) is 0 Å². The summed E-state index contributed by atoms with van der Waals surface area (Å²) in [7, 11) is 0. The van der Waals surface area contributed by atoms with Crippen LogP contribution in [0.2, 0.25) is 5.02 Å². The molecule has 0 unspecified atom stereocenters. The Balaban J connectivity index is 1.53. The van der Waals surface area contributed by atoms with Crippen LogP contribution in [0.25, 0.3) is 0 Å². The van der Waals surface area contributed by atoms with E-state index in [4.69, 9.17) is 16.3 Å². The van der Waals surface area contributed by atoms with Crippen molar-refractivity contribution < 1.29 is 27.5 Å². The van der Waals surface area contributed by atoms with E-state index in [-0.39, 0.29) is 27.5 Å². The summed E-state index contributed by atoms with van der Waals surface area (Å²) in [5.41, 5.74) is -0.662. The van der Waals surface area contributed by atoms with Gasteiger partial charge in [-0.2, -0.15) is 13.2 Å². The lowest BCUT2D eigenvalue weighted by atomic mass is 10.2. The molecule has 1 heterocycles. The molecule has 0 aliphatic rings. The molecule has 13 heteroatoms. The number of carbonyl (C=O) groups excluding carboxylic acids is 2. The van der Waals surface area contributed by atoms with Crippen molar-refractivity contribution in [2.24, 2.45) is 0 Å². The minimum Gasteiger partial charge on any atom is -0.494 e. The molecule has 0 saturated heterocycles. The van der Waals surface area contributed by atoms with Gasteiger partial charge >= 0.3 is 6.18 Å². The minimum absolute atomic E-state index is 0.0171. The van der Waals surface area contributed by atoms with E-state index >= 15 is 0 Å². The molecule has 0 radical (unpaired) electrons. The van der Waals surface area contributed by atoms with Crippen LogP contribution in [0.3, 0.4) is 0 Å². The van der Waals surface area contributed by atoms with Crippen LogP contribution in [0.5, 0.6) is 5.75 Å². The summed E-state index contributed by atoms with van der Waals surface area (Å²) < 4.78 is 44.3. The van der Waals surface area contributed by atoms with Gasteiger partial charge in [-0.15, -0.1) is 10.2 Å². The Morgan fingerprint density at radius 1 is 1.12 bits per heavy atom. The van der Waals surface area contributed by atoms with Crippen molar-refractivity contribution >= 4 is 57.3 Å². The van der Waals surface area contributed by atoms with E-state index in [1.807, 2.05) is 6.92 Å². The van der Waals surface area contributed by atoms with E-state index in [0.717, 1.165) is 41.3 Å². The van der Waals surface area contributed by atoms with Crippen LogP contribution in [-0.4, -0.2) is 34.4 Å². The third-order valence-corrected chi connectivity index (χ3v) is 6.25. The molecule has 7 nitrogen and oxygen atoms in total. The third kappa shape index (κ3) is 7.07. The zero-order valence-electron chi connectivity index (χ0n) is 16.9. The molecule has 2 amide bonds. The molecule has 0 atom stereocenters. The summed E-state index contributed by atoms with van der Waals surface area (Å²) >= 11 is 7.95. The maximum atomic E-state index is 12.8. The molecule has 0 spiro atoms. The Kier molecular flexibility index (Phi) is 8.16. The molecular weight excluding hydrogens is 501 g/mol. The monoisotopic (exact) mass is 516 g/mol. The van der Waals surface area contributed by atoms with Crippen molar-refractivity contribution in [1.29, 1.82) is 0 Å². The largest absolute Gasteiger partial charge is 0.494 e. The van der Waals surface area contributed by atoms with Crippen molar-refractivity contribution in [2.75, 3.05) is 23.0 Å². The second-order valence-corrected chi connectivity index (χ2v) is 8.92. The predicted octanol–water partition coefficient (Wildman–Crippen LogP) is 5.59. The summed E-state index contributed by atoms with van der Waals surface area (Å²) in [6, 6.07) is 9.24. The zero-order valence-corrected chi connectivity index (χ0v) is 19.3. The van der Waals surface area contributed by atoms with Gasteiger partial charge in [0.2, 0.25) is 11.0 Å². The van der Waals surface area contributed by atoms with Gasteiger partial charge in [-0.1, -0.05) is 34.7 Å². The average Bonchev–Trinajstić information content (AvgIpc) is 3.21. The molecule has 3 aromatic rings. The summed E-state index contributed by atoms with van der Waals surface area (Å²) in [5, 5.41) is 12.9. The highest BCUT2D eigenvalue weighted by Gasteiger charge is 2.31. The lowest BCUT2D eigenvalue weighted by molar-refractivity contribution is -0.137. The SMILES string of the molecule is CCOc1ccc(C(=O)Nc2nnc(SCC(=O)Nc3cc(C(F)(F)F)ccc3Cl)s2)cc1. The standard InChI is InChI=1S/C20H16ClF3N4O3S2/c1-2-31-13-6-3-11(4-7-13)17(30)26-18-27-28-19(33-18)32-10-16(29)25-15-9-12(20(22,23)24)5-8-14(15)21/h3-9H,2,10H2,1H3,(H,25,29)(H,26,27,30). The number of aromatic nitrogens is 2. The fourth-order valence-electron chi connectivity index (χ4n) is 2.47. The predicted molar refractivity (Wildman–Crippen MR) is 121 cm³/mol. The maximum absolute atomic E-state index is 12.8. The first-order chi connectivity index (χ1) is 15.7. The molecule has 0 aliphatic carbocycles. The molecule has 0 aliphatic heterocycles. The topological polar surface area (TPSA) is 93.2 Å². The number of carbonyl (C=O) groups is 2. The number of rotatable bonds is 8. The van der Waals surface area contributed by atoms with Gasteiger partial charge in [0.25, 0.3) is 5.91 Å². The van der Waals surface area contributed by atoms with Crippen molar-refractivity contribution in [1.82, 2.24) is 10.2 Å². The minimum atomic E-state index is -4.56. The molecule has 0 fully saturated rings. The number of alkyl halides is 3. The van der Waals surface area contributed by atoms with Gasteiger partial charge in [0.1, 0.15) is 5.75 Å². The van der Waals surface area contributed by atoms with Crippen molar-refractivity contribution in [3.05, 3.63) is 58.6 Å². The van der Waals surface area contributed by atoms with E-state index in [9.17, 15) is 22.8 Å². The first-order valence-corrected chi connectivity index (χ1v) is 11.5. The molecule has 174 valence electrons. The number of anilines is 2. The molecule has 2 N–H and O–H groups in total. The Hall–Kier alpha value is -2.83. The van der Waals surface area contributed by atoms with Gasteiger partial charge in [-0.25, -0.2) is 0 Å². The fraction of sp³-hybridized carbons (Fsp3) is 0.200. The quantitative estimate of drug-likeness (QED) is 0.299. The van der Waals surface area contributed by atoms with Gasteiger partial charge in [-0.05, 0) is 49.4 Å². The second kappa shape index (κ2) is 10.9. The van der Waals surface area contributed by atoms with Crippen LogP contribution in [0, 0.1) is 0 Å². The molecule has 33 heavy (non-hydrogen) atoms. The van der Waals surface area contributed by atoms with Crippen LogP contribution in [0.15, 0.2) is 46.8 Å². The summed E-state index contributed by atoms with van der Waals surface area (Å²) in [6.45, 7) is 2.37. The summed E-state index contributed by atoms with van der Waals surface area (Å²) in [4.78, 5) is 24.5. The second-order valence-electron chi connectivity index (χ2n) is 6.31. The Morgan fingerprint density at radius 3 is 2.52 bits per heavy atom. The third-order valence-electron chi connectivity index (χ3n) is 3.95. The first kappa shape index (κ1) is 24.8. The Bertz CT molecular complexity index is 1140. The smallest absolute Gasteiger partial charge is 0.416 e. The number of halogens is 4. The van der Waals surface area contributed by atoms with Crippen molar-refractivity contribution in [3.8, 4) is 5.75 Å². The normalized spacial score (nSPS) is 11.2. The average molecular weight is 517 g/mol. The maximum Gasteiger partial charge on any atom is 0.416 e. The van der Waals surface area contributed by atoms with Gasteiger partial charge in [0.15, 0.2) is 4.34 Å². The molecule has 2 aromatic carbocycles. The van der Waals surface area contributed by atoms with Crippen LogP contribution in [0.1, 0.15) is 22.8 Å². The van der Waals surface area contributed by atoms with E-state index in [0.29, 0.717) is 22.3 Å². The first-order valence-electron chi connectivity index (χ1n) is 9.33. The van der Waals surface area contributed by atoms with E-state index < -0.39 is 17.6 Å². The van der Waals surface area contributed by atoms with Crippen LogP contribution in [-0.2, 0) is 11.0 Å². The van der Waals surface area contributed by atoms with Crippen LogP contribution < -0.4 is 15.4 Å². The van der Waals surface area contributed by atoms with Gasteiger partial charge in [-0.3, -0.25) is 14.9 Å². The molecule has 0 bridgehead atoms. The van der Waals surface area contributed by atoms with E-state index in [2.05, 4.69) is 20.8 Å². The number of nitrogens with one attached hydrogen (secondary N) is 2. The van der Waals surface area contributed by atoms with E-state index in [1.54, 1.807) is 24.3 Å². The van der Waals surface area contributed by atoms with Crippen LogP contribution in [0.4, 0.5) is 24.0 Å². The number of amides is 2. The van der Waals surface area contributed by atoms with Crippen molar-refractivity contribution in [2.45, 2.75) is 17.4 Å². The lowest BCUT2D eigenvalue weighted by Crippen LogP contribution is -2.15. The Labute approximate surface area is 199 Å². The van der Waals surface area contributed by atoms with Crippen LogP contribution >= 0.6 is 34.7 Å². The molecule has 3 rings (SSSR count). The summed E-state index contributed by atoms with van der Waals surface area (Å²) in [5.74, 6) is -0.457. The molecular formula is C20H16ClF3N4O3S2. The number of ether oxygens (including phenoxy) is 1. The highest BCUT2D eigenvalue weighted by molar-refractivity contribution is 8.01. The van der Waals surface area contributed by atoms with Gasteiger partial charge in [0.05, 0.1) is 28.6 Å². The van der Waals surface area contributed by atoms with Gasteiger partial charge in [0, 0.05) is 5.56 Å². The lowest BCUT2D eigenvalue weighted by Gasteiger charge is -2.11. The zero-order chi connectivity index (χ0) is 24.0. The molecule has 0 saturated carbocycles. The van der Waals surface area contributed by atoms with Gasteiger partial charge < -0.3 is 10.1 Å². The fourth-order valence-corrected chi connectivity index (χ4v) is 4.18. The van der Waals surface area contributed by atoms with E-state index in [1.165, 1.54) is 0 Å². The molecule has 1 aromatic heterocycles. The highest BCUT2D eigenvalue weighted by atomic mass is 35.5. The number of thioether (sulfide) groups is 1. The number of nitrogens with zero attached hydrogens (tertiary/aromatic N) is 2. The summed E-state index contributed by atoms with van der Waals surface area (Å²) in [6.07, 6.45) is -4.56. The number of hydrogen-bond donors (Lipinski definition) is 2.